The molecular weight excluding hydrogens is 496 g/mol. The molecule has 1 aliphatic heterocycles. The average Bonchev–Trinajstić information content (AvgIpc) is 3.13. The molecule has 1 fully saturated rings. The third-order valence-electron chi connectivity index (χ3n) is 5.56. The van der Waals surface area contributed by atoms with Crippen molar-refractivity contribution in [1.29, 1.82) is 0 Å². The third kappa shape index (κ3) is 5.51. The van der Waals surface area contributed by atoms with Crippen molar-refractivity contribution in [3.63, 3.8) is 0 Å². The van der Waals surface area contributed by atoms with Gasteiger partial charge in [0.15, 0.2) is 5.17 Å². The van der Waals surface area contributed by atoms with Gasteiger partial charge in [0, 0.05) is 32.7 Å². The van der Waals surface area contributed by atoms with Gasteiger partial charge in [-0.25, -0.2) is 17.7 Å². The summed E-state index contributed by atoms with van der Waals surface area (Å²) in [5, 5.41) is 4.69. The molecule has 1 saturated heterocycles. The first-order valence-corrected chi connectivity index (χ1v) is 13.5. The summed E-state index contributed by atoms with van der Waals surface area (Å²) in [6, 6.07) is 19.7. The largest absolute Gasteiger partial charge is 0.326 e. The molecule has 3 aromatic carbocycles. The molecule has 0 aromatic heterocycles. The van der Waals surface area contributed by atoms with Crippen LogP contribution in [-0.4, -0.2) is 60.5 Å². The summed E-state index contributed by atoms with van der Waals surface area (Å²) < 4.78 is 26.1. The van der Waals surface area contributed by atoms with Crippen molar-refractivity contribution in [1.82, 2.24) is 9.21 Å². The first kappa shape index (κ1) is 25.6. The van der Waals surface area contributed by atoms with Crippen LogP contribution in [0.1, 0.15) is 6.42 Å². The van der Waals surface area contributed by atoms with Crippen LogP contribution in [0.2, 0.25) is 0 Å². The topological polar surface area (TPSA) is 99.1 Å². The quantitative estimate of drug-likeness (QED) is 0.446. The van der Waals surface area contributed by atoms with E-state index >= 15 is 0 Å². The van der Waals surface area contributed by atoms with E-state index in [-0.39, 0.29) is 29.7 Å². The Labute approximate surface area is 214 Å². The number of amides is 2. The van der Waals surface area contributed by atoms with Crippen molar-refractivity contribution in [2.24, 2.45) is 4.99 Å². The number of benzene rings is 3. The minimum Gasteiger partial charge on any atom is -0.326 e. The number of carbonyl (C=O) groups is 2. The minimum atomic E-state index is -3.63. The van der Waals surface area contributed by atoms with Gasteiger partial charge >= 0.3 is 0 Å². The molecule has 1 atom stereocenters. The average molecular weight is 523 g/mol. The van der Waals surface area contributed by atoms with Gasteiger partial charge in [-0.3, -0.25) is 14.5 Å². The molecule has 0 unspecified atom stereocenters. The maximum Gasteiger partial charge on any atom is 0.242 e. The van der Waals surface area contributed by atoms with Crippen LogP contribution in [0.15, 0.2) is 89.3 Å². The van der Waals surface area contributed by atoms with Gasteiger partial charge in [0.2, 0.25) is 21.8 Å². The Morgan fingerprint density at radius 3 is 2.58 bits per heavy atom. The number of rotatable bonds is 8. The first-order chi connectivity index (χ1) is 17.2. The van der Waals surface area contributed by atoms with Crippen LogP contribution >= 0.6 is 11.8 Å². The lowest BCUT2D eigenvalue weighted by Crippen LogP contribution is -2.33. The Balaban J connectivity index is 1.52. The number of nitrogens with one attached hydrogen (secondary N) is 1. The van der Waals surface area contributed by atoms with Gasteiger partial charge in [-0.1, -0.05) is 54.2 Å². The second-order valence-corrected chi connectivity index (χ2v) is 11.7. The molecule has 3 aromatic rings. The molecule has 4 rings (SSSR count). The number of sulfonamides is 1. The molecule has 1 N–H and O–H groups in total. The molecule has 2 amide bonds. The van der Waals surface area contributed by atoms with Crippen molar-refractivity contribution in [2.75, 3.05) is 26.0 Å². The lowest BCUT2D eigenvalue weighted by atomic mass is 10.1. The predicted octanol–water partition coefficient (Wildman–Crippen LogP) is 4.24. The van der Waals surface area contributed by atoms with Gasteiger partial charge in [0.1, 0.15) is 5.25 Å². The molecule has 186 valence electrons. The summed E-state index contributed by atoms with van der Waals surface area (Å²) in [6.07, 6.45) is 1.55. The maximum atomic E-state index is 13.1. The van der Waals surface area contributed by atoms with E-state index in [1.54, 1.807) is 18.2 Å². The van der Waals surface area contributed by atoms with E-state index in [1.807, 2.05) is 42.5 Å². The summed E-state index contributed by atoms with van der Waals surface area (Å²) in [4.78, 5) is 31.9. The number of amidine groups is 1. The van der Waals surface area contributed by atoms with Gasteiger partial charge in [0.05, 0.1) is 10.6 Å². The van der Waals surface area contributed by atoms with Crippen LogP contribution in [0, 0.1) is 0 Å². The fourth-order valence-corrected chi connectivity index (χ4v) is 5.81. The molecule has 36 heavy (non-hydrogen) atoms. The van der Waals surface area contributed by atoms with Crippen LogP contribution in [0.25, 0.3) is 10.8 Å². The first-order valence-electron chi connectivity index (χ1n) is 11.2. The summed E-state index contributed by atoms with van der Waals surface area (Å²) in [5.74, 6) is -0.528. The summed E-state index contributed by atoms with van der Waals surface area (Å²) >= 11 is 1.18. The highest BCUT2D eigenvalue weighted by molar-refractivity contribution is 8.15. The number of hydrogen-bond acceptors (Lipinski definition) is 6. The van der Waals surface area contributed by atoms with Crippen LogP contribution in [0.3, 0.4) is 0 Å². The molecule has 0 bridgehead atoms. The van der Waals surface area contributed by atoms with Gasteiger partial charge in [-0.2, -0.15) is 0 Å². The highest BCUT2D eigenvalue weighted by atomic mass is 32.2. The number of nitrogens with zero attached hydrogens (tertiary/aromatic N) is 3. The highest BCUT2D eigenvalue weighted by Crippen LogP contribution is 2.32. The zero-order chi connectivity index (χ0) is 25.9. The van der Waals surface area contributed by atoms with Crippen LogP contribution in [0.4, 0.5) is 11.4 Å². The summed E-state index contributed by atoms with van der Waals surface area (Å²) in [6.45, 7) is 3.94. The summed E-state index contributed by atoms with van der Waals surface area (Å²) in [5.41, 5.74) is 1.05. The Bertz CT molecular complexity index is 1470. The lowest BCUT2D eigenvalue weighted by Gasteiger charge is -2.14. The fraction of sp³-hybridized carbons (Fsp3) is 0.192. The van der Waals surface area contributed by atoms with Crippen LogP contribution in [-0.2, 0) is 19.6 Å². The molecule has 1 heterocycles. The number of anilines is 1. The number of hydrogen-bond donors (Lipinski definition) is 1. The number of aliphatic imine (C=N–C) groups is 1. The van der Waals surface area contributed by atoms with E-state index in [9.17, 15) is 18.0 Å². The maximum absolute atomic E-state index is 13.1. The Morgan fingerprint density at radius 2 is 1.86 bits per heavy atom. The van der Waals surface area contributed by atoms with E-state index < -0.39 is 15.3 Å². The number of thioether (sulfide) groups is 1. The Hall–Kier alpha value is -3.47. The lowest BCUT2D eigenvalue weighted by molar-refractivity contribution is -0.127. The Morgan fingerprint density at radius 1 is 1.11 bits per heavy atom. The second kappa shape index (κ2) is 10.7. The predicted molar refractivity (Wildman–Crippen MR) is 145 cm³/mol. The standard InChI is InChI=1S/C26H26N4O4S2/c1-4-14-30-25(32)23(17-24(31)27-21-13-12-18-8-5-6-9-19(18)15-21)35-26(30)28-20-10-7-11-22(16-20)36(33,34)29(2)3/h4-13,15-16,23H,1,14,17H2,2-3H3,(H,27,31)/t23-/m0/s1. The molecule has 0 saturated carbocycles. The van der Waals surface area contributed by atoms with Gasteiger partial charge < -0.3 is 5.32 Å². The minimum absolute atomic E-state index is 0.0297. The summed E-state index contributed by atoms with van der Waals surface area (Å²) in [7, 11) is -0.716. The highest BCUT2D eigenvalue weighted by Gasteiger charge is 2.38. The monoisotopic (exact) mass is 522 g/mol. The molecular formula is C26H26N4O4S2. The van der Waals surface area contributed by atoms with Crippen LogP contribution in [0.5, 0.6) is 0 Å². The third-order valence-corrected chi connectivity index (χ3v) is 8.54. The van der Waals surface area contributed by atoms with Gasteiger partial charge in [0.25, 0.3) is 0 Å². The van der Waals surface area contributed by atoms with Crippen LogP contribution < -0.4 is 5.32 Å². The molecule has 0 aliphatic carbocycles. The van der Waals surface area contributed by atoms with Crippen molar-refractivity contribution >= 4 is 60.9 Å². The zero-order valence-corrected chi connectivity index (χ0v) is 21.6. The number of fused-ring (bicyclic) bond motifs is 1. The molecule has 0 spiro atoms. The van der Waals surface area contributed by atoms with Crippen molar-refractivity contribution in [3.05, 3.63) is 79.4 Å². The van der Waals surface area contributed by atoms with Crippen molar-refractivity contribution in [2.45, 2.75) is 16.6 Å². The van der Waals surface area contributed by atoms with E-state index in [2.05, 4.69) is 16.9 Å². The van der Waals surface area contributed by atoms with Crippen molar-refractivity contribution < 1.29 is 18.0 Å². The Kier molecular flexibility index (Phi) is 7.58. The zero-order valence-electron chi connectivity index (χ0n) is 19.9. The molecule has 0 radical (unpaired) electrons. The van der Waals surface area contributed by atoms with E-state index in [1.165, 1.54) is 42.9 Å². The molecule has 8 nitrogen and oxygen atoms in total. The van der Waals surface area contributed by atoms with Crippen molar-refractivity contribution in [3.8, 4) is 0 Å². The SMILES string of the molecule is C=CCN1C(=O)[C@H](CC(=O)Nc2ccc3ccccc3c2)SC1=Nc1cccc(S(=O)(=O)N(C)C)c1. The normalized spacial score (nSPS) is 17.2. The fourth-order valence-electron chi connectivity index (χ4n) is 3.70. The smallest absolute Gasteiger partial charge is 0.242 e. The second-order valence-electron chi connectivity index (χ2n) is 8.34. The molecule has 10 heteroatoms. The van der Waals surface area contributed by atoms with Gasteiger partial charge in [-0.05, 0) is 41.1 Å². The van der Waals surface area contributed by atoms with E-state index in [0.717, 1.165) is 15.1 Å². The van der Waals surface area contributed by atoms with E-state index in [4.69, 9.17) is 0 Å². The molecule has 1 aliphatic rings. The van der Waals surface area contributed by atoms with E-state index in [0.29, 0.717) is 16.5 Å². The van der Waals surface area contributed by atoms with Gasteiger partial charge in [-0.15, -0.1) is 6.58 Å². The number of carbonyl (C=O) groups excluding carboxylic acids is 2.